The standard InChI is InChI=1S/C10H17IO3/c1-2-3-7-6-5-13-10(12)9(6)8(4-11)14-7/h6-10,12H,2-5H2,1H3. The monoisotopic (exact) mass is 312 g/mol. The summed E-state index contributed by atoms with van der Waals surface area (Å²) in [5, 5.41) is 9.68. The number of halogens is 1. The van der Waals surface area contributed by atoms with Crippen molar-refractivity contribution in [1.82, 2.24) is 0 Å². The highest BCUT2D eigenvalue weighted by atomic mass is 127. The third kappa shape index (κ3) is 1.81. The Morgan fingerprint density at radius 1 is 1.43 bits per heavy atom. The van der Waals surface area contributed by atoms with Crippen LogP contribution in [0.1, 0.15) is 19.8 Å². The third-order valence-electron chi connectivity index (χ3n) is 3.26. The fourth-order valence-corrected chi connectivity index (χ4v) is 3.37. The zero-order valence-corrected chi connectivity index (χ0v) is 10.5. The van der Waals surface area contributed by atoms with E-state index in [-0.39, 0.29) is 12.0 Å². The molecule has 3 nitrogen and oxygen atoms in total. The third-order valence-corrected chi connectivity index (χ3v) is 4.13. The number of aliphatic hydroxyl groups excluding tert-OH is 1. The van der Waals surface area contributed by atoms with E-state index < -0.39 is 6.29 Å². The van der Waals surface area contributed by atoms with Crippen LogP contribution in [0.25, 0.3) is 0 Å². The van der Waals surface area contributed by atoms with Crippen molar-refractivity contribution >= 4 is 22.6 Å². The molecule has 0 aliphatic carbocycles. The average Bonchev–Trinajstić information content (AvgIpc) is 2.70. The molecule has 0 amide bonds. The van der Waals surface area contributed by atoms with Gasteiger partial charge in [0.25, 0.3) is 0 Å². The van der Waals surface area contributed by atoms with Crippen LogP contribution >= 0.6 is 22.6 Å². The molecule has 0 aromatic carbocycles. The summed E-state index contributed by atoms with van der Waals surface area (Å²) in [6.45, 7) is 2.84. The average molecular weight is 312 g/mol. The number of hydrogen-bond donors (Lipinski definition) is 1. The number of rotatable bonds is 3. The molecule has 2 saturated heterocycles. The predicted octanol–water partition coefficient (Wildman–Crippen LogP) is 1.57. The van der Waals surface area contributed by atoms with E-state index in [2.05, 4.69) is 29.5 Å². The molecule has 1 N–H and O–H groups in total. The summed E-state index contributed by atoms with van der Waals surface area (Å²) in [6, 6.07) is 0. The van der Waals surface area contributed by atoms with Crippen molar-refractivity contribution in [2.45, 2.75) is 38.3 Å². The van der Waals surface area contributed by atoms with Crippen molar-refractivity contribution in [2.75, 3.05) is 11.0 Å². The number of hydrogen-bond acceptors (Lipinski definition) is 3. The molecular weight excluding hydrogens is 295 g/mol. The van der Waals surface area contributed by atoms with Crippen LogP contribution in [0, 0.1) is 11.8 Å². The summed E-state index contributed by atoms with van der Waals surface area (Å²) in [7, 11) is 0. The Kier molecular flexibility index (Phi) is 3.68. The SMILES string of the molecule is CCCC1OC(CI)C2C(O)OCC12. The van der Waals surface area contributed by atoms with Crippen LogP contribution in [-0.4, -0.2) is 34.6 Å². The highest BCUT2D eigenvalue weighted by Crippen LogP contribution is 2.42. The summed E-state index contributed by atoms with van der Waals surface area (Å²) >= 11 is 2.32. The van der Waals surface area contributed by atoms with E-state index in [0.29, 0.717) is 18.6 Å². The molecule has 0 saturated carbocycles. The zero-order chi connectivity index (χ0) is 10.1. The Hall–Kier alpha value is 0.610. The summed E-state index contributed by atoms with van der Waals surface area (Å²) in [6.07, 6.45) is 2.13. The van der Waals surface area contributed by atoms with Gasteiger partial charge in [-0.3, -0.25) is 0 Å². The van der Waals surface area contributed by atoms with Gasteiger partial charge in [-0.1, -0.05) is 35.9 Å². The molecule has 2 aliphatic heterocycles. The molecule has 0 aromatic rings. The number of fused-ring (bicyclic) bond motifs is 1. The summed E-state index contributed by atoms with van der Waals surface area (Å²) in [5.41, 5.74) is 0. The Labute approximate surface area is 98.3 Å². The fourth-order valence-electron chi connectivity index (χ4n) is 2.58. The van der Waals surface area contributed by atoms with E-state index in [9.17, 15) is 5.11 Å². The van der Waals surface area contributed by atoms with Crippen molar-refractivity contribution in [3.63, 3.8) is 0 Å². The Morgan fingerprint density at radius 2 is 2.21 bits per heavy atom. The van der Waals surface area contributed by atoms with Crippen LogP contribution in [0.4, 0.5) is 0 Å². The van der Waals surface area contributed by atoms with Gasteiger partial charge in [0.05, 0.1) is 18.8 Å². The molecule has 2 fully saturated rings. The van der Waals surface area contributed by atoms with Crippen molar-refractivity contribution < 1.29 is 14.6 Å². The lowest BCUT2D eigenvalue weighted by molar-refractivity contribution is -0.110. The lowest BCUT2D eigenvalue weighted by Crippen LogP contribution is -2.28. The summed E-state index contributed by atoms with van der Waals surface area (Å²) < 4.78 is 12.2. The van der Waals surface area contributed by atoms with Gasteiger partial charge in [0, 0.05) is 16.3 Å². The smallest absolute Gasteiger partial charge is 0.160 e. The van der Waals surface area contributed by atoms with Gasteiger partial charge in [-0.15, -0.1) is 0 Å². The lowest BCUT2D eigenvalue weighted by Gasteiger charge is -2.17. The molecule has 82 valence electrons. The molecule has 0 spiro atoms. The number of ether oxygens (including phenoxy) is 2. The van der Waals surface area contributed by atoms with E-state index in [4.69, 9.17) is 9.47 Å². The molecule has 0 radical (unpaired) electrons. The topological polar surface area (TPSA) is 38.7 Å². The van der Waals surface area contributed by atoms with Gasteiger partial charge in [-0.2, -0.15) is 0 Å². The minimum Gasteiger partial charge on any atom is -0.373 e. The van der Waals surface area contributed by atoms with Gasteiger partial charge in [0.15, 0.2) is 6.29 Å². The summed E-state index contributed by atoms with van der Waals surface area (Å²) in [4.78, 5) is 0. The fraction of sp³-hybridized carbons (Fsp3) is 1.00. The van der Waals surface area contributed by atoms with Gasteiger partial charge in [0.2, 0.25) is 0 Å². The Morgan fingerprint density at radius 3 is 2.86 bits per heavy atom. The van der Waals surface area contributed by atoms with Gasteiger partial charge < -0.3 is 14.6 Å². The van der Waals surface area contributed by atoms with Gasteiger partial charge in [-0.25, -0.2) is 0 Å². The van der Waals surface area contributed by atoms with E-state index >= 15 is 0 Å². The normalized spacial score (nSPS) is 46.9. The molecule has 4 heteroatoms. The van der Waals surface area contributed by atoms with E-state index in [1.54, 1.807) is 0 Å². The first-order chi connectivity index (χ1) is 6.77. The van der Waals surface area contributed by atoms with Crippen LogP contribution < -0.4 is 0 Å². The van der Waals surface area contributed by atoms with Crippen molar-refractivity contribution in [3.8, 4) is 0 Å². The maximum atomic E-state index is 9.68. The largest absolute Gasteiger partial charge is 0.373 e. The van der Waals surface area contributed by atoms with E-state index in [1.807, 2.05) is 0 Å². The first kappa shape index (κ1) is 11.1. The van der Waals surface area contributed by atoms with Gasteiger partial charge >= 0.3 is 0 Å². The summed E-state index contributed by atoms with van der Waals surface area (Å²) in [5.74, 6) is 0.633. The van der Waals surface area contributed by atoms with Crippen LogP contribution in [0.15, 0.2) is 0 Å². The maximum absolute atomic E-state index is 9.68. The molecular formula is C10H17IO3. The molecule has 5 atom stereocenters. The quantitative estimate of drug-likeness (QED) is 0.635. The van der Waals surface area contributed by atoms with E-state index in [1.165, 1.54) is 0 Å². The maximum Gasteiger partial charge on any atom is 0.160 e. The minimum absolute atomic E-state index is 0.189. The number of aliphatic hydroxyl groups is 1. The van der Waals surface area contributed by atoms with Crippen LogP contribution in [0.2, 0.25) is 0 Å². The Bertz CT molecular complexity index is 200. The minimum atomic E-state index is -0.596. The second-order valence-electron chi connectivity index (χ2n) is 4.12. The first-order valence-electron chi connectivity index (χ1n) is 5.29. The second-order valence-corrected chi connectivity index (χ2v) is 5.00. The lowest BCUT2D eigenvalue weighted by atomic mass is 9.88. The van der Waals surface area contributed by atoms with Crippen LogP contribution in [0.3, 0.4) is 0 Å². The predicted molar refractivity (Wildman–Crippen MR) is 61.4 cm³/mol. The van der Waals surface area contributed by atoms with Crippen molar-refractivity contribution in [1.29, 1.82) is 0 Å². The molecule has 2 aliphatic rings. The first-order valence-corrected chi connectivity index (χ1v) is 6.81. The van der Waals surface area contributed by atoms with Gasteiger partial charge in [-0.05, 0) is 6.42 Å². The van der Waals surface area contributed by atoms with Crippen molar-refractivity contribution in [3.05, 3.63) is 0 Å². The van der Waals surface area contributed by atoms with E-state index in [0.717, 1.165) is 17.3 Å². The number of alkyl halides is 1. The Balaban J connectivity index is 2.06. The molecule has 2 rings (SSSR count). The molecule has 0 aromatic heterocycles. The molecule has 14 heavy (non-hydrogen) atoms. The van der Waals surface area contributed by atoms with Gasteiger partial charge in [0.1, 0.15) is 0 Å². The van der Waals surface area contributed by atoms with Crippen molar-refractivity contribution in [2.24, 2.45) is 11.8 Å². The van der Waals surface area contributed by atoms with Crippen LogP contribution in [0.5, 0.6) is 0 Å². The second kappa shape index (κ2) is 4.63. The molecule has 5 unspecified atom stereocenters. The zero-order valence-electron chi connectivity index (χ0n) is 8.36. The highest BCUT2D eigenvalue weighted by Gasteiger charge is 2.51. The molecule has 2 heterocycles. The highest BCUT2D eigenvalue weighted by molar-refractivity contribution is 14.1. The molecule has 0 bridgehead atoms. The van der Waals surface area contributed by atoms with Crippen LogP contribution in [-0.2, 0) is 9.47 Å².